The number of hydrogen-bond acceptors (Lipinski definition) is 4. The number of nitrogens with one attached hydrogen (secondary N) is 1. The van der Waals surface area contributed by atoms with Gasteiger partial charge < -0.3 is 11.1 Å². The lowest BCUT2D eigenvalue weighted by Crippen LogP contribution is -2.19. The first-order valence-corrected chi connectivity index (χ1v) is 5.92. The van der Waals surface area contributed by atoms with Gasteiger partial charge in [0.1, 0.15) is 11.9 Å². The Kier molecular flexibility index (Phi) is 2.93. The van der Waals surface area contributed by atoms with Crippen LogP contribution in [-0.4, -0.2) is 11.0 Å². The highest BCUT2D eigenvalue weighted by Gasteiger charge is 2.31. The number of nitriles is 1. The molecule has 2 rings (SSSR count). The molecule has 17 heavy (non-hydrogen) atoms. The van der Waals surface area contributed by atoms with Crippen LogP contribution in [0.15, 0.2) is 12.3 Å². The lowest BCUT2D eigenvalue weighted by molar-refractivity contribution is 0.378. The molecule has 1 atom stereocenters. The van der Waals surface area contributed by atoms with Crippen molar-refractivity contribution in [3.63, 3.8) is 0 Å². The van der Waals surface area contributed by atoms with Crippen molar-refractivity contribution in [1.29, 1.82) is 5.26 Å². The van der Waals surface area contributed by atoms with E-state index < -0.39 is 0 Å². The maximum Gasteiger partial charge on any atom is 0.149 e. The van der Waals surface area contributed by atoms with Gasteiger partial charge >= 0.3 is 0 Å². The van der Waals surface area contributed by atoms with Crippen molar-refractivity contribution in [2.24, 2.45) is 5.41 Å². The summed E-state index contributed by atoms with van der Waals surface area (Å²) in [4.78, 5) is 4.20. The number of nitrogens with two attached hydrogens (primary N) is 1. The van der Waals surface area contributed by atoms with Crippen LogP contribution in [0.3, 0.4) is 0 Å². The lowest BCUT2D eigenvalue weighted by atomic mass is 9.92. The second kappa shape index (κ2) is 4.25. The zero-order chi connectivity index (χ0) is 12.5. The van der Waals surface area contributed by atoms with Crippen molar-refractivity contribution < 1.29 is 0 Å². The van der Waals surface area contributed by atoms with Crippen molar-refractivity contribution in [3.8, 4) is 6.07 Å². The molecule has 0 amide bonds. The van der Waals surface area contributed by atoms with Crippen molar-refractivity contribution in [1.82, 2.24) is 4.98 Å². The Labute approximate surface area is 102 Å². The molecule has 1 aromatic heterocycles. The lowest BCUT2D eigenvalue weighted by Gasteiger charge is -2.18. The van der Waals surface area contributed by atoms with Crippen molar-refractivity contribution in [2.75, 3.05) is 11.1 Å². The van der Waals surface area contributed by atoms with E-state index in [1.165, 1.54) is 6.42 Å². The number of nitrogens with zero attached hydrogens (tertiary/aromatic N) is 2. The highest BCUT2D eigenvalue weighted by molar-refractivity contribution is 5.63. The van der Waals surface area contributed by atoms with Crippen LogP contribution in [0.25, 0.3) is 0 Å². The molecule has 1 aliphatic rings. The number of rotatable bonds is 2. The van der Waals surface area contributed by atoms with E-state index in [-0.39, 0.29) is 0 Å². The molecule has 0 spiro atoms. The molecule has 3 N–H and O–H groups in total. The quantitative estimate of drug-likeness (QED) is 0.818. The van der Waals surface area contributed by atoms with Gasteiger partial charge in [-0.1, -0.05) is 13.8 Å². The molecule has 90 valence electrons. The standard InChI is InChI=1S/C13H18N4/c1-13(2)4-3-10(6-13)17-12-11(15)5-9(7-14)8-16-12/h5,8,10H,3-4,6,15H2,1-2H3,(H,16,17). The Hall–Kier alpha value is -1.76. The Morgan fingerprint density at radius 1 is 1.59 bits per heavy atom. The van der Waals surface area contributed by atoms with E-state index in [2.05, 4.69) is 24.1 Å². The van der Waals surface area contributed by atoms with E-state index in [1.807, 2.05) is 6.07 Å². The molecule has 0 bridgehead atoms. The van der Waals surface area contributed by atoms with E-state index in [0.717, 1.165) is 12.8 Å². The first kappa shape index (κ1) is 11.7. The first-order valence-electron chi connectivity index (χ1n) is 5.92. The summed E-state index contributed by atoms with van der Waals surface area (Å²) in [7, 11) is 0. The van der Waals surface area contributed by atoms with E-state index in [4.69, 9.17) is 11.0 Å². The summed E-state index contributed by atoms with van der Waals surface area (Å²) in [5, 5.41) is 12.1. The fourth-order valence-corrected chi connectivity index (χ4v) is 2.42. The Balaban J connectivity index is 2.08. The summed E-state index contributed by atoms with van der Waals surface area (Å²) in [6, 6.07) is 4.13. The highest BCUT2D eigenvalue weighted by atomic mass is 15.0. The summed E-state index contributed by atoms with van der Waals surface area (Å²) in [6.07, 6.45) is 5.06. The smallest absolute Gasteiger partial charge is 0.149 e. The van der Waals surface area contributed by atoms with E-state index >= 15 is 0 Å². The molecule has 1 unspecified atom stereocenters. The van der Waals surface area contributed by atoms with Crippen LogP contribution in [0.5, 0.6) is 0 Å². The minimum absolute atomic E-state index is 0.402. The van der Waals surface area contributed by atoms with E-state index in [9.17, 15) is 0 Å². The largest absolute Gasteiger partial charge is 0.396 e. The normalized spacial score (nSPS) is 22.1. The van der Waals surface area contributed by atoms with Gasteiger partial charge in [0.2, 0.25) is 0 Å². The third-order valence-electron chi connectivity index (χ3n) is 3.36. The maximum absolute atomic E-state index is 8.74. The zero-order valence-corrected chi connectivity index (χ0v) is 10.3. The average Bonchev–Trinajstić information content (AvgIpc) is 2.61. The van der Waals surface area contributed by atoms with Crippen LogP contribution in [0, 0.1) is 16.7 Å². The molecule has 0 aromatic carbocycles. The number of anilines is 2. The molecule has 4 nitrogen and oxygen atoms in total. The van der Waals surface area contributed by atoms with Crippen molar-refractivity contribution in [3.05, 3.63) is 17.8 Å². The molecule has 1 fully saturated rings. The third-order valence-corrected chi connectivity index (χ3v) is 3.36. The monoisotopic (exact) mass is 230 g/mol. The van der Waals surface area contributed by atoms with Crippen LogP contribution in [0.1, 0.15) is 38.7 Å². The van der Waals surface area contributed by atoms with Gasteiger partial charge in [-0.3, -0.25) is 0 Å². The van der Waals surface area contributed by atoms with E-state index in [1.54, 1.807) is 12.3 Å². The Morgan fingerprint density at radius 3 is 2.88 bits per heavy atom. The van der Waals surface area contributed by atoms with E-state index in [0.29, 0.717) is 28.5 Å². The van der Waals surface area contributed by atoms with Gasteiger partial charge in [0.05, 0.1) is 11.3 Å². The van der Waals surface area contributed by atoms with Crippen LogP contribution >= 0.6 is 0 Å². The molecule has 0 saturated heterocycles. The Bertz CT molecular complexity index is 459. The molecule has 4 heteroatoms. The van der Waals surface area contributed by atoms with Crippen molar-refractivity contribution in [2.45, 2.75) is 39.2 Å². The number of aromatic nitrogens is 1. The van der Waals surface area contributed by atoms with Crippen LogP contribution in [0.4, 0.5) is 11.5 Å². The average molecular weight is 230 g/mol. The van der Waals surface area contributed by atoms with Gasteiger partial charge in [0.15, 0.2) is 0 Å². The van der Waals surface area contributed by atoms with Gasteiger partial charge in [0.25, 0.3) is 0 Å². The summed E-state index contributed by atoms with van der Waals surface area (Å²) in [6.45, 7) is 4.56. The molecule has 1 heterocycles. The topological polar surface area (TPSA) is 74.7 Å². The fourth-order valence-electron chi connectivity index (χ4n) is 2.42. The molecule has 0 radical (unpaired) electrons. The molecule has 1 aromatic rings. The highest BCUT2D eigenvalue weighted by Crippen LogP contribution is 2.38. The summed E-state index contributed by atoms with van der Waals surface area (Å²) in [5.41, 5.74) is 7.32. The summed E-state index contributed by atoms with van der Waals surface area (Å²) >= 11 is 0. The van der Waals surface area contributed by atoms with Gasteiger partial charge in [-0.15, -0.1) is 0 Å². The Morgan fingerprint density at radius 2 is 2.35 bits per heavy atom. The number of hydrogen-bond donors (Lipinski definition) is 2. The van der Waals surface area contributed by atoms with Gasteiger partial charge in [0, 0.05) is 12.2 Å². The maximum atomic E-state index is 8.74. The first-order chi connectivity index (χ1) is 8.00. The fraction of sp³-hybridized carbons (Fsp3) is 0.538. The summed E-state index contributed by atoms with van der Waals surface area (Å²) in [5.74, 6) is 0.701. The molecular weight excluding hydrogens is 212 g/mol. The van der Waals surface area contributed by atoms with Crippen LogP contribution in [-0.2, 0) is 0 Å². The van der Waals surface area contributed by atoms with Gasteiger partial charge in [-0.25, -0.2) is 4.98 Å². The minimum atomic E-state index is 0.402. The predicted molar refractivity (Wildman–Crippen MR) is 68.4 cm³/mol. The second-order valence-electron chi connectivity index (χ2n) is 5.52. The zero-order valence-electron chi connectivity index (χ0n) is 10.3. The third kappa shape index (κ3) is 2.68. The SMILES string of the molecule is CC1(C)CCC(Nc2ncc(C#N)cc2N)C1. The minimum Gasteiger partial charge on any atom is -0.396 e. The number of nitrogen functional groups attached to an aromatic ring is 1. The van der Waals surface area contributed by atoms with Crippen LogP contribution < -0.4 is 11.1 Å². The molecule has 1 saturated carbocycles. The van der Waals surface area contributed by atoms with Crippen molar-refractivity contribution >= 4 is 11.5 Å². The summed E-state index contributed by atoms with van der Waals surface area (Å²) < 4.78 is 0. The predicted octanol–water partition coefficient (Wildman–Crippen LogP) is 2.53. The molecule has 0 aliphatic heterocycles. The van der Waals surface area contributed by atoms with Gasteiger partial charge in [-0.05, 0) is 30.7 Å². The molecular formula is C13H18N4. The number of pyridine rings is 1. The van der Waals surface area contributed by atoms with Gasteiger partial charge in [-0.2, -0.15) is 5.26 Å². The van der Waals surface area contributed by atoms with Crippen LogP contribution in [0.2, 0.25) is 0 Å². The second-order valence-corrected chi connectivity index (χ2v) is 5.52. The molecule has 1 aliphatic carbocycles.